The molecule has 1 aliphatic rings. The third-order valence-electron chi connectivity index (χ3n) is 3.66. The van der Waals surface area contributed by atoms with Crippen LogP contribution in [0, 0.1) is 17.3 Å². The molecule has 17 heavy (non-hydrogen) atoms. The second kappa shape index (κ2) is 5.85. The number of aliphatic hydroxyl groups excluding tert-OH is 1. The molecule has 1 N–H and O–H groups in total. The summed E-state index contributed by atoms with van der Waals surface area (Å²) >= 11 is 0. The summed E-state index contributed by atoms with van der Waals surface area (Å²) in [5.41, 5.74) is -0.250. The van der Waals surface area contributed by atoms with Gasteiger partial charge in [-0.1, -0.05) is 27.7 Å². The third-order valence-corrected chi connectivity index (χ3v) is 3.66. The Morgan fingerprint density at radius 3 is 2.29 bits per heavy atom. The molecule has 0 aliphatic carbocycles. The van der Waals surface area contributed by atoms with Gasteiger partial charge in [-0.3, -0.25) is 4.79 Å². The molecular weight excluding hydrogens is 214 g/mol. The van der Waals surface area contributed by atoms with Crippen molar-refractivity contribution in [3.8, 4) is 0 Å². The number of carbonyl (C=O) groups is 1. The van der Waals surface area contributed by atoms with E-state index in [2.05, 4.69) is 13.8 Å². The molecular formula is C14H27NO2. The van der Waals surface area contributed by atoms with E-state index in [1.54, 1.807) is 0 Å². The Bertz CT molecular complexity index is 253. The largest absolute Gasteiger partial charge is 0.396 e. The highest BCUT2D eigenvalue weighted by molar-refractivity contribution is 5.82. The van der Waals surface area contributed by atoms with Crippen molar-refractivity contribution in [3.63, 3.8) is 0 Å². The monoisotopic (exact) mass is 241 g/mol. The molecule has 3 nitrogen and oxygen atoms in total. The highest BCUT2D eigenvalue weighted by Crippen LogP contribution is 2.29. The fourth-order valence-corrected chi connectivity index (χ4v) is 2.85. The predicted molar refractivity (Wildman–Crippen MR) is 69.6 cm³/mol. The third kappa shape index (κ3) is 3.98. The topological polar surface area (TPSA) is 40.5 Å². The molecule has 1 rings (SSSR count). The van der Waals surface area contributed by atoms with Gasteiger partial charge in [0.05, 0.1) is 0 Å². The second-order valence-electron chi connectivity index (χ2n) is 6.40. The van der Waals surface area contributed by atoms with E-state index in [1.807, 2.05) is 18.7 Å². The summed E-state index contributed by atoms with van der Waals surface area (Å²) in [6.45, 7) is 10.3. The number of amides is 1. The predicted octanol–water partition coefficient (Wildman–Crippen LogP) is 2.29. The van der Waals surface area contributed by atoms with Crippen LogP contribution >= 0.6 is 0 Å². The minimum atomic E-state index is -0.250. The first-order valence-electron chi connectivity index (χ1n) is 6.77. The van der Waals surface area contributed by atoms with Crippen LogP contribution in [0.5, 0.6) is 0 Å². The SMILES string of the molecule is CC(C)CC(C)(C)C(=O)N1CCC(CO)CC1. The van der Waals surface area contributed by atoms with Gasteiger partial charge in [0.2, 0.25) is 5.91 Å². The first kappa shape index (κ1) is 14.5. The Morgan fingerprint density at radius 2 is 1.88 bits per heavy atom. The summed E-state index contributed by atoms with van der Waals surface area (Å²) in [6.07, 6.45) is 2.83. The Morgan fingerprint density at radius 1 is 1.35 bits per heavy atom. The van der Waals surface area contributed by atoms with Crippen LogP contribution in [-0.2, 0) is 4.79 Å². The van der Waals surface area contributed by atoms with Gasteiger partial charge in [-0.25, -0.2) is 0 Å². The maximum Gasteiger partial charge on any atom is 0.228 e. The molecule has 100 valence electrons. The zero-order valence-electron chi connectivity index (χ0n) is 11.7. The number of aliphatic hydroxyl groups is 1. The highest BCUT2D eigenvalue weighted by atomic mass is 16.3. The van der Waals surface area contributed by atoms with Gasteiger partial charge in [-0.15, -0.1) is 0 Å². The average molecular weight is 241 g/mol. The van der Waals surface area contributed by atoms with Crippen LogP contribution in [0.3, 0.4) is 0 Å². The van der Waals surface area contributed by atoms with Crippen molar-refractivity contribution in [2.45, 2.75) is 47.0 Å². The van der Waals surface area contributed by atoms with Gasteiger partial charge in [0.15, 0.2) is 0 Å². The molecule has 1 aliphatic heterocycles. The minimum absolute atomic E-state index is 0.250. The molecule has 0 spiro atoms. The highest BCUT2D eigenvalue weighted by Gasteiger charge is 2.34. The summed E-state index contributed by atoms with van der Waals surface area (Å²) < 4.78 is 0. The van der Waals surface area contributed by atoms with Gasteiger partial charge in [0.25, 0.3) is 0 Å². The maximum absolute atomic E-state index is 12.4. The average Bonchev–Trinajstić information content (AvgIpc) is 2.26. The molecule has 0 bridgehead atoms. The van der Waals surface area contributed by atoms with Crippen LogP contribution in [0.2, 0.25) is 0 Å². The second-order valence-corrected chi connectivity index (χ2v) is 6.40. The Hall–Kier alpha value is -0.570. The lowest BCUT2D eigenvalue weighted by molar-refractivity contribution is -0.142. The van der Waals surface area contributed by atoms with Crippen LogP contribution in [0.25, 0.3) is 0 Å². The van der Waals surface area contributed by atoms with Gasteiger partial charge in [0, 0.05) is 25.1 Å². The van der Waals surface area contributed by atoms with Crippen LogP contribution in [-0.4, -0.2) is 35.6 Å². The van der Waals surface area contributed by atoms with Crippen molar-refractivity contribution in [2.24, 2.45) is 17.3 Å². The van der Waals surface area contributed by atoms with Crippen molar-refractivity contribution in [3.05, 3.63) is 0 Å². The molecule has 0 unspecified atom stereocenters. The minimum Gasteiger partial charge on any atom is -0.396 e. The fraction of sp³-hybridized carbons (Fsp3) is 0.929. The van der Waals surface area contributed by atoms with Gasteiger partial charge >= 0.3 is 0 Å². The molecule has 3 heteroatoms. The van der Waals surface area contributed by atoms with Crippen LogP contribution in [0.4, 0.5) is 0 Å². The molecule has 1 fully saturated rings. The number of hydrogen-bond donors (Lipinski definition) is 1. The van der Waals surface area contributed by atoms with Crippen LogP contribution in [0.15, 0.2) is 0 Å². The van der Waals surface area contributed by atoms with Gasteiger partial charge < -0.3 is 10.0 Å². The van der Waals surface area contributed by atoms with E-state index in [9.17, 15) is 4.79 Å². The lowest BCUT2D eigenvalue weighted by atomic mass is 9.82. The smallest absolute Gasteiger partial charge is 0.228 e. The number of likely N-dealkylation sites (tertiary alicyclic amines) is 1. The fourth-order valence-electron chi connectivity index (χ4n) is 2.85. The number of rotatable bonds is 4. The first-order chi connectivity index (χ1) is 7.86. The van der Waals surface area contributed by atoms with Gasteiger partial charge in [-0.05, 0) is 31.1 Å². The van der Waals surface area contributed by atoms with E-state index in [4.69, 9.17) is 5.11 Å². The van der Waals surface area contributed by atoms with Crippen molar-refractivity contribution in [2.75, 3.05) is 19.7 Å². The summed E-state index contributed by atoms with van der Waals surface area (Å²) in [7, 11) is 0. The van der Waals surface area contributed by atoms with E-state index in [0.29, 0.717) is 11.8 Å². The van der Waals surface area contributed by atoms with Crippen LogP contribution < -0.4 is 0 Å². The van der Waals surface area contributed by atoms with Crippen molar-refractivity contribution < 1.29 is 9.90 Å². The summed E-state index contributed by atoms with van der Waals surface area (Å²) in [4.78, 5) is 14.4. The Kier molecular flexibility index (Phi) is 4.99. The standard InChI is InChI=1S/C14H27NO2/c1-11(2)9-14(3,4)13(17)15-7-5-12(10-16)6-8-15/h11-12,16H,5-10H2,1-4H3. The number of carbonyl (C=O) groups excluding carboxylic acids is 1. The van der Waals surface area contributed by atoms with Crippen molar-refractivity contribution >= 4 is 5.91 Å². The molecule has 1 heterocycles. The Labute approximate surface area is 105 Å². The van der Waals surface area contributed by atoms with E-state index >= 15 is 0 Å². The molecule has 0 aromatic heterocycles. The lowest BCUT2D eigenvalue weighted by Crippen LogP contribution is -2.45. The number of hydrogen-bond acceptors (Lipinski definition) is 2. The van der Waals surface area contributed by atoms with Gasteiger partial charge in [-0.2, -0.15) is 0 Å². The molecule has 1 amide bonds. The molecule has 0 atom stereocenters. The zero-order chi connectivity index (χ0) is 13.1. The molecule has 0 aromatic carbocycles. The quantitative estimate of drug-likeness (QED) is 0.820. The summed E-state index contributed by atoms with van der Waals surface area (Å²) in [5, 5.41) is 9.09. The number of piperidine rings is 1. The molecule has 0 saturated carbocycles. The summed E-state index contributed by atoms with van der Waals surface area (Å²) in [6, 6.07) is 0. The van der Waals surface area contributed by atoms with Crippen molar-refractivity contribution in [1.29, 1.82) is 0 Å². The van der Waals surface area contributed by atoms with E-state index < -0.39 is 0 Å². The molecule has 0 aromatic rings. The lowest BCUT2D eigenvalue weighted by Gasteiger charge is -2.37. The van der Waals surface area contributed by atoms with Gasteiger partial charge in [0.1, 0.15) is 0 Å². The molecule has 1 saturated heterocycles. The molecule has 0 radical (unpaired) electrons. The van der Waals surface area contributed by atoms with Crippen LogP contribution in [0.1, 0.15) is 47.0 Å². The Balaban J connectivity index is 2.53. The normalized spacial score (nSPS) is 18.8. The summed E-state index contributed by atoms with van der Waals surface area (Å²) in [5.74, 6) is 1.22. The maximum atomic E-state index is 12.4. The zero-order valence-corrected chi connectivity index (χ0v) is 11.7. The van der Waals surface area contributed by atoms with Crippen molar-refractivity contribution in [1.82, 2.24) is 4.90 Å². The number of nitrogens with zero attached hydrogens (tertiary/aromatic N) is 1. The first-order valence-corrected chi connectivity index (χ1v) is 6.77. The van der Waals surface area contributed by atoms with E-state index in [1.165, 1.54) is 0 Å². The van der Waals surface area contributed by atoms with E-state index in [0.717, 1.165) is 32.4 Å². The van der Waals surface area contributed by atoms with E-state index in [-0.39, 0.29) is 17.9 Å².